The highest BCUT2D eigenvalue weighted by atomic mass is 35.5. The van der Waals surface area contributed by atoms with Crippen LogP contribution in [0.5, 0.6) is 11.5 Å². The standard InChI is InChI=1S/C19H20F3N5O.C13H7ClF3N3O.C6H14N2.2CH4/c20-19(21,22)28-15-3-1-2-12(10-15)16-11-24-18-9-8-17(26-27(16)18)25-14-6-4-13(23)5-7-14;14-11-4-5-12-18-7-10(20(12)19-11)8-2-1-3-9(6-8)21-13(15,16)17;7-5-1-2-6(8)4-3-5;;/h1-3,8-11,13-14H,4-7,23H2,(H,25,26);1-7H;5-6H,1-4,7-8H2;2*1H4. The van der Waals surface area contributed by atoms with Crippen molar-refractivity contribution in [3.8, 4) is 34.0 Å². The van der Waals surface area contributed by atoms with Gasteiger partial charge in [-0.15, -0.1) is 31.4 Å². The van der Waals surface area contributed by atoms with E-state index in [1.54, 1.807) is 35.0 Å². The molecule has 0 atom stereocenters. The Kier molecular flexibility index (Phi) is 15.9. The van der Waals surface area contributed by atoms with Gasteiger partial charge in [-0.2, -0.15) is 5.10 Å². The van der Waals surface area contributed by atoms with Crippen LogP contribution in [0.25, 0.3) is 33.8 Å². The number of rotatable bonds is 6. The van der Waals surface area contributed by atoms with Crippen molar-refractivity contribution in [2.24, 2.45) is 17.2 Å². The van der Waals surface area contributed by atoms with Crippen molar-refractivity contribution in [3.05, 3.63) is 90.3 Å². The topological polar surface area (TPSA) is 169 Å². The van der Waals surface area contributed by atoms with E-state index in [-0.39, 0.29) is 37.5 Å². The maximum Gasteiger partial charge on any atom is 0.573 e. The Morgan fingerprint density at radius 1 is 0.593 bits per heavy atom. The van der Waals surface area contributed by atoms with Gasteiger partial charge in [-0.3, -0.25) is 0 Å². The Labute approximate surface area is 343 Å². The van der Waals surface area contributed by atoms with E-state index in [9.17, 15) is 26.3 Å². The Morgan fingerprint density at radius 3 is 1.47 bits per heavy atom. The molecule has 8 rings (SSSR count). The number of hydrogen-bond donors (Lipinski definition) is 4. The molecule has 2 saturated carbocycles. The van der Waals surface area contributed by atoms with Crippen molar-refractivity contribution in [3.63, 3.8) is 0 Å². The highest BCUT2D eigenvalue weighted by molar-refractivity contribution is 6.29. The highest BCUT2D eigenvalue weighted by Crippen LogP contribution is 2.30. The van der Waals surface area contributed by atoms with Gasteiger partial charge in [0.05, 0.1) is 23.8 Å². The number of nitrogens with zero attached hydrogens (tertiary/aromatic N) is 6. The lowest BCUT2D eigenvalue weighted by Gasteiger charge is -2.27. The molecule has 0 amide bonds. The summed E-state index contributed by atoms with van der Waals surface area (Å²) < 4.78 is 85.2. The number of nitrogens with one attached hydrogen (secondary N) is 1. The molecule has 0 saturated heterocycles. The first-order valence-electron chi connectivity index (χ1n) is 18.2. The molecule has 2 aliphatic rings. The van der Waals surface area contributed by atoms with E-state index < -0.39 is 12.7 Å². The minimum absolute atomic E-state index is 0. The van der Waals surface area contributed by atoms with Gasteiger partial charge in [-0.25, -0.2) is 19.0 Å². The Balaban J connectivity index is 0.000000219. The SMILES string of the molecule is C.C.FC(F)(F)Oc1cccc(-c2cnc3ccc(Cl)nn23)c1.NC1CCC(N)CC1.NC1CCC(Nc2ccc3ncc(-c4cccc(OC(F)(F)F)c4)n3n2)CC1. The minimum atomic E-state index is -4.74. The van der Waals surface area contributed by atoms with Crippen LogP contribution < -0.4 is 32.0 Å². The molecule has 59 heavy (non-hydrogen) atoms. The van der Waals surface area contributed by atoms with Gasteiger partial charge >= 0.3 is 12.7 Å². The van der Waals surface area contributed by atoms with Gasteiger partial charge in [0.1, 0.15) is 22.5 Å². The molecule has 0 bridgehead atoms. The molecule has 0 radical (unpaired) electrons. The fraction of sp³-hybridized carbons (Fsp3) is 0.400. The van der Waals surface area contributed by atoms with Crippen LogP contribution in [0.4, 0.5) is 32.2 Å². The molecule has 12 nitrogen and oxygen atoms in total. The van der Waals surface area contributed by atoms with Crippen molar-refractivity contribution in [1.29, 1.82) is 0 Å². The largest absolute Gasteiger partial charge is 0.573 e. The fourth-order valence-electron chi connectivity index (χ4n) is 6.52. The first-order valence-corrected chi connectivity index (χ1v) is 18.6. The van der Waals surface area contributed by atoms with Crippen LogP contribution in [0, 0.1) is 0 Å². The number of aromatic nitrogens is 6. The molecule has 4 aromatic heterocycles. The zero-order chi connectivity index (χ0) is 40.7. The molecule has 0 spiro atoms. The van der Waals surface area contributed by atoms with Crippen LogP contribution in [0.15, 0.2) is 85.2 Å². The van der Waals surface area contributed by atoms with Crippen molar-refractivity contribution >= 4 is 28.7 Å². The predicted molar refractivity (Wildman–Crippen MR) is 217 cm³/mol. The summed E-state index contributed by atoms with van der Waals surface area (Å²) in [7, 11) is 0. The summed E-state index contributed by atoms with van der Waals surface area (Å²) in [5.41, 5.74) is 20.5. The molecule has 2 aromatic carbocycles. The number of nitrogens with two attached hydrogens (primary N) is 3. The molecular weight excluding hydrogens is 802 g/mol. The number of benzene rings is 2. The molecule has 6 aromatic rings. The van der Waals surface area contributed by atoms with E-state index in [4.69, 9.17) is 28.8 Å². The average molecular weight is 851 g/mol. The summed E-state index contributed by atoms with van der Waals surface area (Å²) >= 11 is 5.82. The van der Waals surface area contributed by atoms with Crippen molar-refractivity contribution in [2.45, 2.75) is 103 Å². The van der Waals surface area contributed by atoms with Gasteiger partial charge in [0.25, 0.3) is 0 Å². The molecule has 320 valence electrons. The number of anilines is 1. The van der Waals surface area contributed by atoms with Crippen LogP contribution in [-0.2, 0) is 0 Å². The molecule has 19 heteroatoms. The quantitative estimate of drug-likeness (QED) is 0.119. The van der Waals surface area contributed by atoms with Crippen LogP contribution in [0.1, 0.15) is 66.2 Å². The van der Waals surface area contributed by atoms with E-state index in [0.29, 0.717) is 57.8 Å². The second-order valence-corrected chi connectivity index (χ2v) is 14.2. The molecular formula is C40H49ClF6N10O2. The monoisotopic (exact) mass is 850 g/mol. The van der Waals surface area contributed by atoms with Gasteiger partial charge in [0.15, 0.2) is 11.3 Å². The lowest BCUT2D eigenvalue weighted by Crippen LogP contribution is -2.33. The zero-order valence-electron chi connectivity index (χ0n) is 30.4. The van der Waals surface area contributed by atoms with Crippen molar-refractivity contribution < 1.29 is 35.8 Å². The molecule has 2 fully saturated rings. The van der Waals surface area contributed by atoms with E-state index in [1.165, 1.54) is 47.1 Å². The first-order chi connectivity index (χ1) is 27.1. The van der Waals surface area contributed by atoms with E-state index >= 15 is 0 Å². The minimum Gasteiger partial charge on any atom is -0.406 e. The summed E-state index contributed by atoms with van der Waals surface area (Å²) in [5, 5.41) is 12.3. The number of halogens is 7. The van der Waals surface area contributed by atoms with Crippen molar-refractivity contribution in [1.82, 2.24) is 29.2 Å². The first kappa shape index (κ1) is 46.5. The Hall–Kier alpha value is -5.17. The highest BCUT2D eigenvalue weighted by Gasteiger charge is 2.32. The summed E-state index contributed by atoms with van der Waals surface area (Å²) in [6, 6.07) is 19.7. The average Bonchev–Trinajstić information content (AvgIpc) is 3.77. The predicted octanol–water partition coefficient (Wildman–Crippen LogP) is 9.41. The number of imidazole rings is 2. The summed E-state index contributed by atoms with van der Waals surface area (Å²) in [6.07, 6.45) is 2.03. The maximum atomic E-state index is 12.5. The van der Waals surface area contributed by atoms with Crippen LogP contribution >= 0.6 is 11.6 Å². The summed E-state index contributed by atoms with van der Waals surface area (Å²) in [6.45, 7) is 0. The summed E-state index contributed by atoms with van der Waals surface area (Å²) in [4.78, 5) is 8.41. The van der Waals surface area contributed by atoms with E-state index in [1.807, 2.05) is 12.1 Å². The lowest BCUT2D eigenvalue weighted by molar-refractivity contribution is -0.275. The number of alkyl halides is 6. The molecule has 4 heterocycles. The molecule has 0 unspecified atom stereocenters. The number of fused-ring (bicyclic) bond motifs is 2. The van der Waals surface area contributed by atoms with Crippen molar-refractivity contribution in [2.75, 3.05) is 5.32 Å². The second kappa shape index (κ2) is 20.2. The third-order valence-electron chi connectivity index (χ3n) is 9.36. The number of hydrogen-bond acceptors (Lipinski definition) is 10. The third kappa shape index (κ3) is 13.4. The van der Waals surface area contributed by atoms with Gasteiger partial charge in [0.2, 0.25) is 0 Å². The normalized spacial score (nSPS) is 19.2. The molecule has 2 aliphatic carbocycles. The van der Waals surface area contributed by atoms with Crippen LogP contribution in [-0.4, -0.2) is 66.1 Å². The summed E-state index contributed by atoms with van der Waals surface area (Å²) in [5.74, 6) is 0.0969. The number of ether oxygens (including phenoxy) is 2. The smallest absolute Gasteiger partial charge is 0.406 e. The van der Waals surface area contributed by atoms with Gasteiger partial charge in [0, 0.05) is 35.3 Å². The van der Waals surface area contributed by atoms with E-state index in [2.05, 4.69) is 35.0 Å². The van der Waals surface area contributed by atoms with Crippen LogP contribution in [0.2, 0.25) is 5.15 Å². The van der Waals surface area contributed by atoms with Gasteiger partial charge in [-0.05, 0) is 99.9 Å². The zero-order valence-corrected chi connectivity index (χ0v) is 31.2. The van der Waals surface area contributed by atoms with Gasteiger partial charge in [-0.1, -0.05) is 50.7 Å². The third-order valence-corrected chi connectivity index (χ3v) is 9.56. The second-order valence-electron chi connectivity index (χ2n) is 13.8. The maximum absolute atomic E-state index is 12.5. The molecule has 7 N–H and O–H groups in total. The lowest BCUT2D eigenvalue weighted by atomic mass is 9.92. The Morgan fingerprint density at radius 2 is 1.02 bits per heavy atom. The van der Waals surface area contributed by atoms with Gasteiger partial charge < -0.3 is 32.0 Å². The molecule has 0 aliphatic heterocycles. The van der Waals surface area contributed by atoms with Crippen LogP contribution in [0.3, 0.4) is 0 Å². The van der Waals surface area contributed by atoms with E-state index in [0.717, 1.165) is 51.4 Å². The Bertz CT molecular complexity index is 2220. The fourth-order valence-corrected chi connectivity index (χ4v) is 6.66.